The zero-order chi connectivity index (χ0) is 13.0. The molecule has 5 nitrogen and oxygen atoms in total. The second-order valence-electron chi connectivity index (χ2n) is 4.16. The maximum atomic E-state index is 11.2. The van der Waals surface area contributed by atoms with Gasteiger partial charge in [-0.2, -0.15) is 5.10 Å². The highest BCUT2D eigenvalue weighted by molar-refractivity contribution is 7.84. The number of aromatic nitrogens is 3. The van der Waals surface area contributed by atoms with Crippen molar-refractivity contribution in [2.45, 2.75) is 20.4 Å². The number of rotatable bonds is 6. The lowest BCUT2D eigenvalue weighted by atomic mass is 10.3. The lowest BCUT2D eigenvalue weighted by molar-refractivity contribution is 0.672. The molecule has 18 heavy (non-hydrogen) atoms. The lowest BCUT2D eigenvalue weighted by Crippen LogP contribution is -2.21. The summed E-state index contributed by atoms with van der Waals surface area (Å²) in [5.41, 5.74) is 2.90. The Morgan fingerprint density at radius 3 is 3.11 bits per heavy atom. The third-order valence-electron chi connectivity index (χ3n) is 2.65. The van der Waals surface area contributed by atoms with Gasteiger partial charge in [0.15, 0.2) is 5.65 Å². The van der Waals surface area contributed by atoms with Crippen molar-refractivity contribution in [1.29, 1.82) is 0 Å². The fourth-order valence-corrected chi connectivity index (χ4v) is 2.35. The maximum absolute atomic E-state index is 11.2. The van der Waals surface area contributed by atoms with Crippen molar-refractivity contribution in [2.24, 2.45) is 0 Å². The molecule has 0 radical (unpaired) electrons. The molecule has 98 valence electrons. The van der Waals surface area contributed by atoms with Crippen LogP contribution in [0.4, 0.5) is 0 Å². The van der Waals surface area contributed by atoms with E-state index in [-0.39, 0.29) is 0 Å². The molecule has 0 aliphatic heterocycles. The highest BCUT2D eigenvalue weighted by Crippen LogP contribution is 2.04. The van der Waals surface area contributed by atoms with Crippen LogP contribution in [0.2, 0.25) is 0 Å². The molecule has 0 aliphatic carbocycles. The largest absolute Gasteiger partial charge is 0.312 e. The van der Waals surface area contributed by atoms with Crippen LogP contribution in [-0.2, 0) is 17.3 Å². The van der Waals surface area contributed by atoms with Gasteiger partial charge in [-0.25, -0.2) is 9.50 Å². The fraction of sp³-hybridized carbons (Fsp3) is 0.500. The molecule has 1 unspecified atom stereocenters. The van der Waals surface area contributed by atoms with Gasteiger partial charge in [-0.1, -0.05) is 6.92 Å². The van der Waals surface area contributed by atoms with Crippen LogP contribution in [0.3, 0.4) is 0 Å². The SMILES string of the molecule is CCS(=O)CCNCc1cnc2cc(C)nn2c1. The van der Waals surface area contributed by atoms with Crippen LogP contribution < -0.4 is 5.32 Å². The third kappa shape index (κ3) is 3.36. The number of hydrogen-bond acceptors (Lipinski definition) is 4. The summed E-state index contributed by atoms with van der Waals surface area (Å²) in [6, 6.07) is 1.95. The minimum Gasteiger partial charge on any atom is -0.312 e. The Morgan fingerprint density at radius 1 is 1.50 bits per heavy atom. The van der Waals surface area contributed by atoms with Gasteiger partial charge in [-0.3, -0.25) is 4.21 Å². The van der Waals surface area contributed by atoms with Gasteiger partial charge < -0.3 is 5.32 Å². The second-order valence-corrected chi connectivity index (χ2v) is 6.03. The van der Waals surface area contributed by atoms with Gasteiger partial charge >= 0.3 is 0 Å². The summed E-state index contributed by atoms with van der Waals surface area (Å²) < 4.78 is 13.0. The van der Waals surface area contributed by atoms with E-state index < -0.39 is 10.8 Å². The Morgan fingerprint density at radius 2 is 2.33 bits per heavy atom. The van der Waals surface area contributed by atoms with Gasteiger partial charge in [-0.05, 0) is 6.92 Å². The summed E-state index contributed by atoms with van der Waals surface area (Å²) in [6.45, 7) is 5.38. The van der Waals surface area contributed by atoms with Gasteiger partial charge in [0.25, 0.3) is 0 Å². The highest BCUT2D eigenvalue weighted by Gasteiger charge is 2.01. The minimum atomic E-state index is -0.699. The van der Waals surface area contributed by atoms with Gasteiger partial charge in [-0.15, -0.1) is 0 Å². The number of hydrogen-bond donors (Lipinski definition) is 1. The molecule has 1 N–H and O–H groups in total. The lowest BCUT2D eigenvalue weighted by Gasteiger charge is -2.04. The smallest absolute Gasteiger partial charge is 0.155 e. The van der Waals surface area contributed by atoms with Crippen molar-refractivity contribution in [3.8, 4) is 0 Å². The van der Waals surface area contributed by atoms with Crippen LogP contribution in [0.5, 0.6) is 0 Å². The first-order chi connectivity index (χ1) is 8.69. The van der Waals surface area contributed by atoms with Crippen LogP contribution in [0.1, 0.15) is 18.2 Å². The van der Waals surface area contributed by atoms with E-state index in [1.54, 1.807) is 4.52 Å². The zero-order valence-corrected chi connectivity index (χ0v) is 11.5. The molecule has 0 aromatic carbocycles. The number of aryl methyl sites for hydroxylation is 1. The average Bonchev–Trinajstić information content (AvgIpc) is 2.73. The van der Waals surface area contributed by atoms with Crippen LogP contribution in [0.25, 0.3) is 5.65 Å². The second kappa shape index (κ2) is 6.06. The molecule has 0 amide bonds. The Bertz CT molecular complexity index is 552. The summed E-state index contributed by atoms with van der Waals surface area (Å²) in [4.78, 5) is 4.33. The average molecular weight is 266 g/mol. The van der Waals surface area contributed by atoms with Crippen LogP contribution in [0.15, 0.2) is 18.5 Å². The predicted molar refractivity (Wildman–Crippen MR) is 73.0 cm³/mol. The summed E-state index contributed by atoms with van der Waals surface area (Å²) in [6.07, 6.45) is 3.82. The standard InChI is InChI=1S/C12H18N4OS/c1-3-18(17)5-4-13-7-11-8-14-12-6-10(2)15-16(12)9-11/h6,8-9,13H,3-5,7H2,1-2H3. The molecule has 0 saturated carbocycles. The van der Waals surface area contributed by atoms with Gasteiger partial charge in [0.05, 0.1) is 5.69 Å². The maximum Gasteiger partial charge on any atom is 0.155 e. The van der Waals surface area contributed by atoms with Crippen LogP contribution in [-0.4, -0.2) is 36.9 Å². The van der Waals surface area contributed by atoms with Crippen molar-refractivity contribution in [1.82, 2.24) is 19.9 Å². The molecule has 0 fully saturated rings. The van der Waals surface area contributed by atoms with E-state index in [2.05, 4.69) is 15.4 Å². The molecule has 0 saturated heterocycles. The molecule has 2 aromatic rings. The first kappa shape index (κ1) is 13.2. The van der Waals surface area contributed by atoms with Crippen molar-refractivity contribution in [3.05, 3.63) is 29.7 Å². The molecule has 2 rings (SSSR count). The van der Waals surface area contributed by atoms with E-state index in [0.717, 1.165) is 35.7 Å². The minimum absolute atomic E-state index is 0.699. The van der Waals surface area contributed by atoms with E-state index in [0.29, 0.717) is 5.75 Å². The molecule has 0 bridgehead atoms. The summed E-state index contributed by atoms with van der Waals surface area (Å²) >= 11 is 0. The van der Waals surface area contributed by atoms with E-state index in [1.807, 2.05) is 32.3 Å². The summed E-state index contributed by atoms with van der Waals surface area (Å²) in [5, 5.41) is 7.59. The van der Waals surface area contributed by atoms with Gasteiger partial charge in [0, 0.05) is 59.4 Å². The number of fused-ring (bicyclic) bond motifs is 1. The Labute approximate surface area is 109 Å². The Hall–Kier alpha value is -1.27. The van der Waals surface area contributed by atoms with E-state index in [1.165, 1.54) is 0 Å². The van der Waals surface area contributed by atoms with Crippen molar-refractivity contribution >= 4 is 16.4 Å². The normalized spacial score (nSPS) is 13.0. The monoisotopic (exact) mass is 266 g/mol. The predicted octanol–water partition coefficient (Wildman–Crippen LogP) is 0.896. The number of nitrogens with zero attached hydrogens (tertiary/aromatic N) is 3. The van der Waals surface area contributed by atoms with E-state index in [9.17, 15) is 4.21 Å². The topological polar surface area (TPSA) is 59.3 Å². The molecular formula is C12H18N4OS. The summed E-state index contributed by atoms with van der Waals surface area (Å²) in [7, 11) is -0.699. The molecule has 2 aromatic heterocycles. The van der Waals surface area contributed by atoms with Crippen molar-refractivity contribution in [2.75, 3.05) is 18.1 Å². The molecule has 1 atom stereocenters. The van der Waals surface area contributed by atoms with E-state index in [4.69, 9.17) is 0 Å². The molecule has 0 aliphatic rings. The van der Waals surface area contributed by atoms with Crippen molar-refractivity contribution in [3.63, 3.8) is 0 Å². The first-order valence-corrected chi connectivity index (χ1v) is 7.54. The first-order valence-electron chi connectivity index (χ1n) is 6.05. The van der Waals surface area contributed by atoms with E-state index >= 15 is 0 Å². The highest BCUT2D eigenvalue weighted by atomic mass is 32.2. The Kier molecular flexibility index (Phi) is 4.43. The molecule has 0 spiro atoms. The summed E-state index contributed by atoms with van der Waals surface area (Å²) in [5.74, 6) is 1.43. The van der Waals surface area contributed by atoms with Gasteiger partial charge in [0.1, 0.15) is 0 Å². The molecule has 6 heteroatoms. The zero-order valence-electron chi connectivity index (χ0n) is 10.7. The van der Waals surface area contributed by atoms with Crippen LogP contribution in [0, 0.1) is 6.92 Å². The molecule has 2 heterocycles. The Balaban J connectivity index is 1.89. The number of nitrogens with one attached hydrogen (secondary N) is 1. The quantitative estimate of drug-likeness (QED) is 0.789. The van der Waals surface area contributed by atoms with Crippen molar-refractivity contribution < 1.29 is 4.21 Å². The molecular weight excluding hydrogens is 248 g/mol. The van der Waals surface area contributed by atoms with Gasteiger partial charge in [0.2, 0.25) is 0 Å². The fourth-order valence-electron chi connectivity index (χ4n) is 1.69. The van der Waals surface area contributed by atoms with Crippen LogP contribution >= 0.6 is 0 Å². The third-order valence-corrected chi connectivity index (χ3v) is 3.95.